The SMILES string of the molecule is O=C(CSc1nnc(NCCc2cccs2)s1)Nc1ccc(Br)cn1. The number of hydrogen-bond acceptors (Lipinski definition) is 8. The Labute approximate surface area is 165 Å². The Morgan fingerprint density at radius 3 is 2.96 bits per heavy atom. The highest BCUT2D eigenvalue weighted by atomic mass is 79.9. The van der Waals surface area contributed by atoms with E-state index in [-0.39, 0.29) is 11.7 Å². The van der Waals surface area contributed by atoms with Gasteiger partial charge in [0.2, 0.25) is 11.0 Å². The first-order valence-corrected chi connectivity index (χ1v) is 10.8. The molecule has 0 atom stereocenters. The van der Waals surface area contributed by atoms with Crippen LogP contribution in [0.25, 0.3) is 0 Å². The van der Waals surface area contributed by atoms with Crippen molar-refractivity contribution in [2.24, 2.45) is 0 Å². The van der Waals surface area contributed by atoms with Crippen molar-refractivity contribution in [2.75, 3.05) is 22.9 Å². The summed E-state index contributed by atoms with van der Waals surface area (Å²) in [5.41, 5.74) is 0. The van der Waals surface area contributed by atoms with Gasteiger partial charge >= 0.3 is 0 Å². The van der Waals surface area contributed by atoms with Crippen molar-refractivity contribution in [3.8, 4) is 0 Å². The van der Waals surface area contributed by atoms with Crippen molar-refractivity contribution in [1.82, 2.24) is 15.2 Å². The molecule has 0 saturated carbocycles. The molecule has 1 amide bonds. The summed E-state index contributed by atoms with van der Waals surface area (Å²) < 4.78 is 1.63. The monoisotopic (exact) mass is 455 g/mol. The van der Waals surface area contributed by atoms with E-state index < -0.39 is 0 Å². The van der Waals surface area contributed by atoms with Crippen molar-refractivity contribution >= 4 is 67.2 Å². The minimum atomic E-state index is -0.123. The Hall–Kier alpha value is -1.49. The maximum atomic E-state index is 11.9. The molecule has 0 radical (unpaired) electrons. The molecule has 0 saturated heterocycles. The first-order valence-electron chi connectivity index (χ1n) is 7.33. The summed E-state index contributed by atoms with van der Waals surface area (Å²) >= 11 is 7.87. The average Bonchev–Trinajstić information content (AvgIpc) is 3.27. The highest BCUT2D eigenvalue weighted by Gasteiger charge is 2.09. The van der Waals surface area contributed by atoms with Crippen molar-refractivity contribution in [3.63, 3.8) is 0 Å². The fourth-order valence-corrected chi connectivity index (χ4v) is 4.36. The molecule has 25 heavy (non-hydrogen) atoms. The third-order valence-corrected chi connectivity index (χ3v) is 6.38. The molecule has 0 aromatic carbocycles. The van der Waals surface area contributed by atoms with Crippen LogP contribution in [0.2, 0.25) is 0 Å². The summed E-state index contributed by atoms with van der Waals surface area (Å²) in [5.74, 6) is 0.672. The third kappa shape index (κ3) is 6.07. The molecule has 0 aliphatic rings. The van der Waals surface area contributed by atoms with Crippen LogP contribution in [-0.4, -0.2) is 33.4 Å². The number of carbonyl (C=O) groups is 1. The van der Waals surface area contributed by atoms with E-state index in [1.807, 2.05) is 6.07 Å². The first-order chi connectivity index (χ1) is 12.2. The van der Waals surface area contributed by atoms with E-state index in [2.05, 4.69) is 59.3 Å². The lowest BCUT2D eigenvalue weighted by Gasteiger charge is -2.02. The smallest absolute Gasteiger partial charge is 0.235 e. The number of rotatable bonds is 8. The molecule has 3 heterocycles. The predicted octanol–water partition coefficient (Wildman–Crippen LogP) is 4.14. The standard InChI is InChI=1S/C15H14BrN5OS3/c16-10-3-4-12(18-8-10)19-13(22)9-24-15-21-20-14(25-15)17-6-5-11-2-1-7-23-11/h1-4,7-8H,5-6,9H2,(H,17,20)(H,18,19,22). The quantitative estimate of drug-likeness (QED) is 0.496. The van der Waals surface area contributed by atoms with Crippen LogP contribution in [0.3, 0.4) is 0 Å². The summed E-state index contributed by atoms with van der Waals surface area (Å²) in [7, 11) is 0. The van der Waals surface area contributed by atoms with E-state index in [1.54, 1.807) is 23.6 Å². The van der Waals surface area contributed by atoms with Crippen LogP contribution in [0.1, 0.15) is 4.88 Å². The normalized spacial score (nSPS) is 10.6. The van der Waals surface area contributed by atoms with Gasteiger partial charge in [-0.3, -0.25) is 4.79 Å². The lowest BCUT2D eigenvalue weighted by Crippen LogP contribution is -2.14. The zero-order valence-corrected chi connectivity index (χ0v) is 17.0. The number of thioether (sulfide) groups is 1. The fraction of sp³-hybridized carbons (Fsp3) is 0.200. The number of halogens is 1. The minimum Gasteiger partial charge on any atom is -0.360 e. The van der Waals surface area contributed by atoms with E-state index in [0.717, 1.165) is 26.9 Å². The van der Waals surface area contributed by atoms with Gasteiger partial charge in [0.1, 0.15) is 5.82 Å². The van der Waals surface area contributed by atoms with E-state index in [1.165, 1.54) is 28.0 Å². The van der Waals surface area contributed by atoms with Crippen LogP contribution in [0.5, 0.6) is 0 Å². The van der Waals surface area contributed by atoms with Crippen LogP contribution >= 0.6 is 50.4 Å². The molecule has 3 aromatic heterocycles. The molecule has 0 fully saturated rings. The van der Waals surface area contributed by atoms with Crippen molar-refractivity contribution in [3.05, 3.63) is 45.2 Å². The van der Waals surface area contributed by atoms with Gasteiger partial charge in [0, 0.05) is 22.1 Å². The lowest BCUT2D eigenvalue weighted by molar-refractivity contribution is -0.113. The van der Waals surface area contributed by atoms with Gasteiger partial charge in [-0.25, -0.2) is 4.98 Å². The first kappa shape index (κ1) is 18.3. The summed E-state index contributed by atoms with van der Waals surface area (Å²) in [6.07, 6.45) is 2.60. The summed E-state index contributed by atoms with van der Waals surface area (Å²) in [4.78, 5) is 17.4. The van der Waals surface area contributed by atoms with Gasteiger partial charge in [0.25, 0.3) is 0 Å². The minimum absolute atomic E-state index is 0.123. The second-order valence-corrected chi connectivity index (χ2v) is 8.98. The summed E-state index contributed by atoms with van der Waals surface area (Å²) in [5, 5.41) is 17.0. The second-order valence-electron chi connectivity index (χ2n) is 4.83. The number of carbonyl (C=O) groups excluding carboxylic acids is 1. The Balaban J connectivity index is 1.40. The average molecular weight is 456 g/mol. The van der Waals surface area contributed by atoms with Gasteiger partial charge in [-0.1, -0.05) is 29.2 Å². The van der Waals surface area contributed by atoms with Gasteiger partial charge in [0.05, 0.1) is 5.75 Å². The fourth-order valence-electron chi connectivity index (χ4n) is 1.84. The van der Waals surface area contributed by atoms with E-state index in [9.17, 15) is 4.79 Å². The van der Waals surface area contributed by atoms with Crippen LogP contribution in [0.15, 0.2) is 44.7 Å². The lowest BCUT2D eigenvalue weighted by atomic mass is 10.3. The molecule has 3 aromatic rings. The van der Waals surface area contributed by atoms with Crippen LogP contribution in [-0.2, 0) is 11.2 Å². The molecule has 10 heteroatoms. The van der Waals surface area contributed by atoms with Gasteiger partial charge in [-0.15, -0.1) is 21.5 Å². The number of amides is 1. The number of anilines is 2. The van der Waals surface area contributed by atoms with Gasteiger partial charge < -0.3 is 10.6 Å². The van der Waals surface area contributed by atoms with Crippen LogP contribution < -0.4 is 10.6 Å². The Morgan fingerprint density at radius 1 is 1.28 bits per heavy atom. The number of nitrogens with one attached hydrogen (secondary N) is 2. The second kappa shape index (κ2) is 9.27. The molecule has 2 N–H and O–H groups in total. The molecule has 0 spiro atoms. The molecule has 0 unspecified atom stereocenters. The Bertz CT molecular complexity index is 807. The number of pyridine rings is 1. The zero-order chi connectivity index (χ0) is 17.5. The van der Waals surface area contributed by atoms with Gasteiger partial charge in [0.15, 0.2) is 4.34 Å². The Kier molecular flexibility index (Phi) is 6.79. The van der Waals surface area contributed by atoms with Crippen LogP contribution in [0.4, 0.5) is 10.9 Å². The molecule has 6 nitrogen and oxygen atoms in total. The van der Waals surface area contributed by atoms with Gasteiger partial charge in [-0.2, -0.15) is 0 Å². The molecular formula is C15H14BrN5OS3. The van der Waals surface area contributed by atoms with Crippen molar-refractivity contribution in [2.45, 2.75) is 10.8 Å². The summed E-state index contributed by atoms with van der Waals surface area (Å²) in [6.45, 7) is 0.815. The molecule has 0 aliphatic heterocycles. The molecule has 0 aliphatic carbocycles. The highest BCUT2D eigenvalue weighted by molar-refractivity contribution is 9.10. The van der Waals surface area contributed by atoms with E-state index in [0.29, 0.717) is 5.82 Å². The number of aromatic nitrogens is 3. The summed E-state index contributed by atoms with van der Waals surface area (Å²) in [6, 6.07) is 7.74. The maximum Gasteiger partial charge on any atom is 0.235 e. The maximum absolute atomic E-state index is 11.9. The Morgan fingerprint density at radius 2 is 2.20 bits per heavy atom. The molecular weight excluding hydrogens is 442 g/mol. The van der Waals surface area contributed by atoms with E-state index in [4.69, 9.17) is 0 Å². The number of thiophene rings is 1. The molecule has 3 rings (SSSR count). The molecule has 130 valence electrons. The predicted molar refractivity (Wildman–Crippen MR) is 108 cm³/mol. The molecule has 0 bridgehead atoms. The largest absolute Gasteiger partial charge is 0.360 e. The van der Waals surface area contributed by atoms with E-state index >= 15 is 0 Å². The number of nitrogens with zero attached hydrogens (tertiary/aromatic N) is 3. The van der Waals surface area contributed by atoms with Crippen LogP contribution in [0, 0.1) is 0 Å². The van der Waals surface area contributed by atoms with Gasteiger partial charge in [-0.05, 0) is 45.9 Å². The zero-order valence-electron chi connectivity index (χ0n) is 12.9. The third-order valence-electron chi connectivity index (χ3n) is 2.96. The topological polar surface area (TPSA) is 79.8 Å². The number of hydrogen-bond donors (Lipinski definition) is 2. The highest BCUT2D eigenvalue weighted by Crippen LogP contribution is 2.25. The van der Waals surface area contributed by atoms with Crippen molar-refractivity contribution in [1.29, 1.82) is 0 Å². The van der Waals surface area contributed by atoms with Crippen molar-refractivity contribution < 1.29 is 4.79 Å².